The van der Waals surface area contributed by atoms with Crippen molar-refractivity contribution in [2.75, 3.05) is 24.6 Å². The second kappa shape index (κ2) is 8.78. The molecule has 0 spiro atoms. The Morgan fingerprint density at radius 3 is 2.64 bits per heavy atom. The number of anilines is 1. The lowest BCUT2D eigenvalue weighted by atomic mass is 10.00. The van der Waals surface area contributed by atoms with E-state index in [0.717, 1.165) is 11.1 Å². The maximum Gasteiger partial charge on any atom is 0.224 e. The van der Waals surface area contributed by atoms with Crippen molar-refractivity contribution in [3.05, 3.63) is 53.2 Å². The first kappa shape index (κ1) is 19.7. The molecule has 2 aromatic rings. The van der Waals surface area contributed by atoms with Crippen molar-refractivity contribution in [3.8, 4) is 6.07 Å². The lowest BCUT2D eigenvalue weighted by Gasteiger charge is -2.17. The van der Waals surface area contributed by atoms with Gasteiger partial charge in [-0.3, -0.25) is 4.79 Å². The summed E-state index contributed by atoms with van der Waals surface area (Å²) in [6.45, 7) is 2.77. The number of carbonyl (C=O) groups excluding carboxylic acids is 1. The molecule has 1 aliphatic heterocycles. The summed E-state index contributed by atoms with van der Waals surface area (Å²) in [5.74, 6) is 0.455. The summed E-state index contributed by atoms with van der Waals surface area (Å²) < 4.78 is 0. The van der Waals surface area contributed by atoms with Gasteiger partial charge in [0.05, 0.1) is 18.6 Å². The van der Waals surface area contributed by atoms with Crippen LogP contribution in [0.1, 0.15) is 29.7 Å². The summed E-state index contributed by atoms with van der Waals surface area (Å²) >= 11 is 0. The summed E-state index contributed by atoms with van der Waals surface area (Å²) in [7, 11) is 0. The van der Waals surface area contributed by atoms with Gasteiger partial charge in [0.15, 0.2) is 11.5 Å². The molecule has 3 N–H and O–H groups in total. The van der Waals surface area contributed by atoms with E-state index in [1.165, 1.54) is 0 Å². The van der Waals surface area contributed by atoms with E-state index < -0.39 is 12.1 Å². The second-order valence-corrected chi connectivity index (χ2v) is 7.04. The number of carbonyl (C=O) groups is 1. The average molecular weight is 381 g/mol. The Hall–Kier alpha value is -3.02. The van der Waals surface area contributed by atoms with Gasteiger partial charge in [-0.05, 0) is 23.3 Å². The molecule has 0 radical (unpaired) electrons. The molecule has 1 aromatic carbocycles. The highest BCUT2D eigenvalue weighted by molar-refractivity contribution is 5.79. The minimum absolute atomic E-state index is 0.0628. The van der Waals surface area contributed by atoms with Gasteiger partial charge in [0, 0.05) is 25.6 Å². The molecule has 28 heavy (non-hydrogen) atoms. The van der Waals surface area contributed by atoms with Crippen molar-refractivity contribution in [1.82, 2.24) is 15.5 Å². The van der Waals surface area contributed by atoms with Gasteiger partial charge in [-0.15, -0.1) is 10.2 Å². The molecule has 8 heteroatoms. The molecule has 1 amide bonds. The summed E-state index contributed by atoms with van der Waals surface area (Å²) in [6, 6.07) is 12.4. The number of amides is 1. The highest BCUT2D eigenvalue weighted by Crippen LogP contribution is 2.19. The third-order valence-electron chi connectivity index (χ3n) is 4.91. The zero-order valence-electron chi connectivity index (χ0n) is 15.6. The standard InChI is InChI=1S/C20H23N5O3/c1-13(12-26)15-4-2-14(3-5-15)8-20(28)22-17-10-25(11-18(17)27)19-7-6-16(9-21)23-24-19/h2-7,13,17-18,26-27H,8,10-12H2,1H3,(H,22,28)/t13?,17-,18-/m1/s1. The fourth-order valence-electron chi connectivity index (χ4n) is 3.18. The topological polar surface area (TPSA) is 122 Å². The summed E-state index contributed by atoms with van der Waals surface area (Å²) in [5.41, 5.74) is 2.12. The summed E-state index contributed by atoms with van der Waals surface area (Å²) in [5, 5.41) is 38.9. The van der Waals surface area contributed by atoms with Crippen LogP contribution in [0.5, 0.6) is 0 Å². The Bertz CT molecular complexity index is 848. The third kappa shape index (κ3) is 4.63. The maximum absolute atomic E-state index is 12.4. The minimum atomic E-state index is -0.714. The molecule has 1 aromatic heterocycles. The molecule has 1 saturated heterocycles. The van der Waals surface area contributed by atoms with Gasteiger partial charge in [-0.1, -0.05) is 31.2 Å². The number of aromatic nitrogens is 2. The molecule has 146 valence electrons. The van der Waals surface area contributed by atoms with Crippen LogP contribution < -0.4 is 10.2 Å². The van der Waals surface area contributed by atoms with Crippen LogP contribution in [0.3, 0.4) is 0 Å². The van der Waals surface area contributed by atoms with Crippen molar-refractivity contribution in [1.29, 1.82) is 5.26 Å². The molecule has 0 bridgehead atoms. The Morgan fingerprint density at radius 2 is 2.04 bits per heavy atom. The number of aliphatic hydroxyl groups is 2. The van der Waals surface area contributed by atoms with Crippen molar-refractivity contribution in [3.63, 3.8) is 0 Å². The SMILES string of the molecule is CC(CO)c1ccc(CC(=O)N[C@@H]2CN(c3ccc(C#N)nn3)C[C@H]2O)cc1. The number of hydrogen-bond donors (Lipinski definition) is 3. The van der Waals surface area contributed by atoms with E-state index in [-0.39, 0.29) is 30.5 Å². The van der Waals surface area contributed by atoms with Crippen molar-refractivity contribution in [2.45, 2.75) is 31.4 Å². The molecular weight excluding hydrogens is 358 g/mol. The van der Waals surface area contributed by atoms with E-state index in [2.05, 4.69) is 15.5 Å². The third-order valence-corrected chi connectivity index (χ3v) is 4.91. The lowest BCUT2D eigenvalue weighted by Crippen LogP contribution is -2.43. The monoisotopic (exact) mass is 381 g/mol. The Morgan fingerprint density at radius 1 is 1.29 bits per heavy atom. The molecule has 1 unspecified atom stereocenters. The van der Waals surface area contributed by atoms with E-state index >= 15 is 0 Å². The molecule has 1 fully saturated rings. The summed E-state index contributed by atoms with van der Waals surface area (Å²) in [4.78, 5) is 14.2. The van der Waals surface area contributed by atoms with Gasteiger partial charge in [0.25, 0.3) is 0 Å². The quantitative estimate of drug-likeness (QED) is 0.660. The molecule has 0 saturated carbocycles. The number of nitrogens with one attached hydrogen (secondary N) is 1. The molecular formula is C20H23N5O3. The van der Waals surface area contributed by atoms with Crippen LogP contribution >= 0.6 is 0 Å². The van der Waals surface area contributed by atoms with E-state index in [1.807, 2.05) is 42.2 Å². The Kier molecular flexibility index (Phi) is 6.19. The first-order valence-corrected chi connectivity index (χ1v) is 9.16. The lowest BCUT2D eigenvalue weighted by molar-refractivity contribution is -0.121. The number of nitriles is 1. The van der Waals surface area contributed by atoms with Gasteiger partial charge in [0.1, 0.15) is 6.07 Å². The minimum Gasteiger partial charge on any atom is -0.396 e. The second-order valence-electron chi connectivity index (χ2n) is 7.04. The molecule has 0 aliphatic carbocycles. The molecule has 8 nitrogen and oxygen atoms in total. The maximum atomic E-state index is 12.4. The average Bonchev–Trinajstić information content (AvgIpc) is 3.08. The van der Waals surface area contributed by atoms with Gasteiger partial charge in [-0.2, -0.15) is 5.26 Å². The smallest absolute Gasteiger partial charge is 0.224 e. The predicted molar refractivity (Wildman–Crippen MR) is 103 cm³/mol. The zero-order chi connectivity index (χ0) is 20.1. The van der Waals surface area contributed by atoms with Gasteiger partial charge < -0.3 is 20.4 Å². The van der Waals surface area contributed by atoms with Crippen LogP contribution in [-0.4, -0.2) is 58.2 Å². The largest absolute Gasteiger partial charge is 0.396 e. The summed E-state index contributed by atoms with van der Waals surface area (Å²) in [6.07, 6.45) is -0.498. The van der Waals surface area contributed by atoms with Crippen LogP contribution in [0.15, 0.2) is 36.4 Å². The van der Waals surface area contributed by atoms with Crippen LogP contribution in [0.4, 0.5) is 5.82 Å². The van der Waals surface area contributed by atoms with Gasteiger partial charge in [-0.25, -0.2) is 0 Å². The number of β-amino-alcohol motifs (C(OH)–C–C–N with tert-alkyl or cyclic N) is 1. The van der Waals surface area contributed by atoms with Crippen LogP contribution in [0, 0.1) is 11.3 Å². The van der Waals surface area contributed by atoms with Crippen LogP contribution in [-0.2, 0) is 11.2 Å². The van der Waals surface area contributed by atoms with E-state index in [1.54, 1.807) is 12.1 Å². The van der Waals surface area contributed by atoms with Crippen molar-refractivity contribution >= 4 is 11.7 Å². The Balaban J connectivity index is 1.55. The van der Waals surface area contributed by atoms with Crippen molar-refractivity contribution in [2.24, 2.45) is 0 Å². The fraction of sp³-hybridized carbons (Fsp3) is 0.400. The van der Waals surface area contributed by atoms with Gasteiger partial charge in [0.2, 0.25) is 5.91 Å². The number of nitrogens with zero attached hydrogens (tertiary/aromatic N) is 4. The van der Waals surface area contributed by atoms with Crippen LogP contribution in [0.25, 0.3) is 0 Å². The van der Waals surface area contributed by atoms with E-state index in [4.69, 9.17) is 5.26 Å². The normalized spacial score (nSPS) is 19.9. The van der Waals surface area contributed by atoms with E-state index in [9.17, 15) is 15.0 Å². The molecule has 2 heterocycles. The first-order chi connectivity index (χ1) is 13.5. The van der Waals surface area contributed by atoms with Gasteiger partial charge >= 0.3 is 0 Å². The highest BCUT2D eigenvalue weighted by Gasteiger charge is 2.33. The number of aliphatic hydroxyl groups excluding tert-OH is 2. The number of hydrogen-bond acceptors (Lipinski definition) is 7. The number of benzene rings is 1. The van der Waals surface area contributed by atoms with Crippen molar-refractivity contribution < 1.29 is 15.0 Å². The Labute approximate surface area is 163 Å². The van der Waals surface area contributed by atoms with E-state index in [0.29, 0.717) is 18.9 Å². The first-order valence-electron chi connectivity index (χ1n) is 9.16. The number of rotatable bonds is 6. The molecule has 3 rings (SSSR count). The zero-order valence-corrected chi connectivity index (χ0v) is 15.6. The molecule has 1 aliphatic rings. The highest BCUT2D eigenvalue weighted by atomic mass is 16.3. The predicted octanol–water partition coefficient (Wildman–Crippen LogP) is 0.352. The van der Waals surface area contributed by atoms with Crippen LogP contribution in [0.2, 0.25) is 0 Å². The fourth-order valence-corrected chi connectivity index (χ4v) is 3.18. The molecule has 3 atom stereocenters.